The molecule has 2 nitrogen and oxygen atoms in total. The van der Waals surface area contributed by atoms with Crippen molar-refractivity contribution in [2.24, 2.45) is 11.3 Å². The minimum Gasteiger partial charge on any atom is -0.481 e. The van der Waals surface area contributed by atoms with Crippen molar-refractivity contribution < 1.29 is 9.90 Å². The van der Waals surface area contributed by atoms with Crippen molar-refractivity contribution in [1.82, 2.24) is 0 Å². The van der Waals surface area contributed by atoms with Crippen LogP contribution in [0, 0.1) is 11.3 Å². The maximum Gasteiger partial charge on any atom is 0.309 e. The first-order valence-electron chi connectivity index (χ1n) is 17.2. The maximum atomic E-state index is 12.3. The van der Waals surface area contributed by atoms with Crippen molar-refractivity contribution in [3.8, 4) is 0 Å². The van der Waals surface area contributed by atoms with Gasteiger partial charge in [0.25, 0.3) is 0 Å². The van der Waals surface area contributed by atoms with Gasteiger partial charge in [-0.15, -0.1) is 0 Å². The summed E-state index contributed by atoms with van der Waals surface area (Å²) in [6.45, 7) is 8.87. The second kappa shape index (κ2) is 27.1. The van der Waals surface area contributed by atoms with Crippen molar-refractivity contribution >= 4 is 5.97 Å². The lowest BCUT2D eigenvalue weighted by Gasteiger charge is -2.30. The summed E-state index contributed by atoms with van der Waals surface area (Å²) in [6.07, 6.45) is 36.5. The van der Waals surface area contributed by atoms with E-state index in [1.54, 1.807) is 0 Å². The van der Waals surface area contributed by atoms with E-state index in [4.69, 9.17) is 0 Å². The Morgan fingerprint density at radius 2 is 0.838 bits per heavy atom. The highest BCUT2D eigenvalue weighted by Crippen LogP contribution is 2.36. The molecule has 0 aliphatic carbocycles. The van der Waals surface area contributed by atoms with Gasteiger partial charge in [-0.2, -0.15) is 0 Å². The highest BCUT2D eigenvalue weighted by atomic mass is 16.4. The monoisotopic (exact) mass is 523 g/mol. The van der Waals surface area contributed by atoms with Crippen LogP contribution >= 0.6 is 0 Å². The van der Waals surface area contributed by atoms with Gasteiger partial charge in [0.05, 0.1) is 5.41 Å². The second-order valence-corrected chi connectivity index (χ2v) is 12.7. The molecule has 0 aromatic heterocycles. The molecule has 0 bridgehead atoms. The van der Waals surface area contributed by atoms with Crippen molar-refractivity contribution in [3.05, 3.63) is 0 Å². The van der Waals surface area contributed by atoms with Gasteiger partial charge in [0, 0.05) is 0 Å². The highest BCUT2D eigenvalue weighted by Gasteiger charge is 2.34. The molecule has 0 rings (SSSR count). The van der Waals surface area contributed by atoms with Gasteiger partial charge >= 0.3 is 5.97 Å². The Hall–Kier alpha value is -0.530. The number of carbonyl (C=O) groups is 1. The highest BCUT2D eigenvalue weighted by molar-refractivity contribution is 5.74. The molecule has 0 saturated heterocycles. The molecule has 0 heterocycles. The zero-order chi connectivity index (χ0) is 27.5. The number of carboxylic acids is 1. The topological polar surface area (TPSA) is 37.3 Å². The van der Waals surface area contributed by atoms with Crippen molar-refractivity contribution in [2.75, 3.05) is 0 Å². The molecular formula is C35H70O2. The van der Waals surface area contributed by atoms with E-state index in [1.807, 2.05) is 6.92 Å². The molecule has 0 aromatic rings. The molecule has 0 saturated carbocycles. The van der Waals surface area contributed by atoms with Gasteiger partial charge in [-0.05, 0) is 25.7 Å². The molecule has 0 fully saturated rings. The fourth-order valence-corrected chi connectivity index (χ4v) is 6.05. The van der Waals surface area contributed by atoms with E-state index in [1.165, 1.54) is 161 Å². The first-order chi connectivity index (χ1) is 18.0. The van der Waals surface area contributed by atoms with Crippen molar-refractivity contribution in [3.63, 3.8) is 0 Å². The molecule has 0 aliphatic heterocycles. The smallest absolute Gasteiger partial charge is 0.309 e. The van der Waals surface area contributed by atoms with E-state index >= 15 is 0 Å². The standard InChI is InChI=1S/C35H70O2/c1-5-8-11-13-15-17-18-19-20-21-22-24-26-28-31-35(4,34(36)37)32-33(29-10-7-3)30-27-25-23-16-14-12-9-6-2/h33H,5-32H2,1-4H3,(H,36,37). The SMILES string of the molecule is CCCCCCCCCCCCCCCCC(C)(CC(CCCC)CCCCCCCCCC)C(=O)O. The Morgan fingerprint density at radius 3 is 1.22 bits per heavy atom. The molecule has 0 spiro atoms. The predicted molar refractivity (Wildman–Crippen MR) is 166 cm³/mol. The van der Waals surface area contributed by atoms with Crippen LogP contribution in [0.2, 0.25) is 0 Å². The van der Waals surface area contributed by atoms with E-state index in [0.29, 0.717) is 5.92 Å². The lowest BCUT2D eigenvalue weighted by Crippen LogP contribution is -2.30. The van der Waals surface area contributed by atoms with Gasteiger partial charge in [-0.1, -0.05) is 188 Å². The summed E-state index contributed by atoms with van der Waals surface area (Å²) < 4.78 is 0. The Bertz CT molecular complexity index is 474. The summed E-state index contributed by atoms with van der Waals surface area (Å²) in [6, 6.07) is 0. The fourth-order valence-electron chi connectivity index (χ4n) is 6.05. The Kier molecular flexibility index (Phi) is 26.7. The second-order valence-electron chi connectivity index (χ2n) is 12.7. The van der Waals surface area contributed by atoms with E-state index in [0.717, 1.165) is 19.3 Å². The molecule has 222 valence electrons. The van der Waals surface area contributed by atoms with E-state index in [2.05, 4.69) is 20.8 Å². The number of carboxylic acid groups (broad SMARTS) is 1. The number of hydrogen-bond acceptors (Lipinski definition) is 1. The van der Waals surface area contributed by atoms with Crippen molar-refractivity contribution in [1.29, 1.82) is 0 Å². The lowest BCUT2D eigenvalue weighted by atomic mass is 9.74. The van der Waals surface area contributed by atoms with Crippen LogP contribution in [0.15, 0.2) is 0 Å². The fraction of sp³-hybridized carbons (Fsp3) is 0.971. The Labute approximate surface area is 234 Å². The minimum absolute atomic E-state index is 0.532. The molecule has 2 atom stereocenters. The third-order valence-electron chi connectivity index (χ3n) is 8.77. The lowest BCUT2D eigenvalue weighted by molar-refractivity contribution is -0.149. The molecular weight excluding hydrogens is 452 g/mol. The average Bonchev–Trinajstić information content (AvgIpc) is 2.88. The van der Waals surface area contributed by atoms with Crippen LogP contribution in [0.5, 0.6) is 0 Å². The molecule has 0 aliphatic rings. The van der Waals surface area contributed by atoms with Gasteiger partial charge in [0.2, 0.25) is 0 Å². The summed E-state index contributed by atoms with van der Waals surface area (Å²) in [5, 5.41) is 10.1. The quantitative estimate of drug-likeness (QED) is 0.0952. The molecule has 0 aromatic carbocycles. The molecule has 37 heavy (non-hydrogen) atoms. The summed E-state index contributed by atoms with van der Waals surface area (Å²) >= 11 is 0. The normalized spacial score (nSPS) is 14.1. The summed E-state index contributed by atoms with van der Waals surface area (Å²) in [7, 11) is 0. The van der Waals surface area contributed by atoms with E-state index in [9.17, 15) is 9.90 Å². The summed E-state index contributed by atoms with van der Waals surface area (Å²) in [5.74, 6) is 0.0346. The molecule has 0 radical (unpaired) electrons. The van der Waals surface area contributed by atoms with Gasteiger partial charge in [-0.3, -0.25) is 4.79 Å². The predicted octanol–water partition coefficient (Wildman–Crippen LogP) is 12.7. The molecule has 1 N–H and O–H groups in total. The van der Waals surface area contributed by atoms with Crippen LogP contribution in [-0.2, 0) is 4.79 Å². The van der Waals surface area contributed by atoms with E-state index < -0.39 is 11.4 Å². The average molecular weight is 523 g/mol. The number of unbranched alkanes of at least 4 members (excludes halogenated alkanes) is 21. The first kappa shape index (κ1) is 36.5. The van der Waals surface area contributed by atoms with Crippen LogP contribution in [0.1, 0.15) is 207 Å². The Balaban J connectivity index is 4.08. The van der Waals surface area contributed by atoms with Gasteiger partial charge < -0.3 is 5.11 Å². The number of hydrogen-bond donors (Lipinski definition) is 1. The largest absolute Gasteiger partial charge is 0.481 e. The third kappa shape index (κ3) is 23.1. The minimum atomic E-state index is -0.556. The Morgan fingerprint density at radius 1 is 0.514 bits per heavy atom. The molecule has 2 unspecified atom stereocenters. The van der Waals surface area contributed by atoms with Crippen LogP contribution in [0.25, 0.3) is 0 Å². The summed E-state index contributed by atoms with van der Waals surface area (Å²) in [5.41, 5.74) is -0.532. The maximum absolute atomic E-state index is 12.3. The number of rotatable bonds is 30. The van der Waals surface area contributed by atoms with Gasteiger partial charge in [0.1, 0.15) is 0 Å². The zero-order valence-electron chi connectivity index (χ0n) is 26.2. The van der Waals surface area contributed by atoms with E-state index in [-0.39, 0.29) is 0 Å². The van der Waals surface area contributed by atoms with Crippen LogP contribution in [0.4, 0.5) is 0 Å². The van der Waals surface area contributed by atoms with Crippen LogP contribution < -0.4 is 0 Å². The van der Waals surface area contributed by atoms with Crippen molar-refractivity contribution in [2.45, 2.75) is 207 Å². The van der Waals surface area contributed by atoms with Crippen LogP contribution in [0.3, 0.4) is 0 Å². The first-order valence-corrected chi connectivity index (χ1v) is 17.2. The van der Waals surface area contributed by atoms with Gasteiger partial charge in [-0.25, -0.2) is 0 Å². The third-order valence-corrected chi connectivity index (χ3v) is 8.77. The molecule has 0 amide bonds. The van der Waals surface area contributed by atoms with Crippen LogP contribution in [-0.4, -0.2) is 11.1 Å². The summed E-state index contributed by atoms with van der Waals surface area (Å²) in [4.78, 5) is 12.3. The molecule has 2 heteroatoms. The number of aliphatic carboxylic acids is 1. The zero-order valence-corrected chi connectivity index (χ0v) is 26.2. The van der Waals surface area contributed by atoms with Gasteiger partial charge in [0.15, 0.2) is 0 Å².